The van der Waals surface area contributed by atoms with E-state index in [9.17, 15) is 4.79 Å². The molecule has 0 aliphatic carbocycles. The maximum Gasteiger partial charge on any atom is 0.309 e. The minimum atomic E-state index is -0.000827. The molecular weight excluding hydrogens is 236 g/mol. The van der Waals surface area contributed by atoms with Gasteiger partial charge in [-0.1, -0.05) is 53.4 Å². The lowest BCUT2D eigenvalue weighted by Crippen LogP contribution is -2.22. The predicted octanol–water partition coefficient (Wildman–Crippen LogP) is 5.35. The fourth-order valence-electron chi connectivity index (χ4n) is 2.49. The van der Waals surface area contributed by atoms with Crippen LogP contribution in [0.25, 0.3) is 0 Å². The molecule has 0 N–H and O–H groups in total. The summed E-state index contributed by atoms with van der Waals surface area (Å²) in [5.74, 6) is 0.887. The summed E-state index contributed by atoms with van der Waals surface area (Å²) in [4.78, 5) is 11.9. The molecule has 2 heteroatoms. The lowest BCUT2D eigenvalue weighted by atomic mass is 9.93. The third kappa shape index (κ3) is 8.28. The third-order valence-electron chi connectivity index (χ3n) is 4.16. The molecule has 0 saturated carbocycles. The van der Waals surface area contributed by atoms with Gasteiger partial charge in [0.1, 0.15) is 0 Å². The highest BCUT2D eigenvalue weighted by atomic mass is 16.5. The monoisotopic (exact) mass is 270 g/mol. The number of ether oxygens (including phenoxy) is 1. The lowest BCUT2D eigenvalue weighted by Gasteiger charge is -2.20. The van der Waals surface area contributed by atoms with E-state index >= 15 is 0 Å². The first-order valence-corrected chi connectivity index (χ1v) is 8.29. The molecule has 0 aromatic rings. The van der Waals surface area contributed by atoms with Crippen molar-refractivity contribution in [2.45, 2.75) is 92.1 Å². The van der Waals surface area contributed by atoms with Crippen LogP contribution in [0.15, 0.2) is 0 Å². The molecule has 114 valence electrons. The van der Waals surface area contributed by atoms with Crippen molar-refractivity contribution in [1.82, 2.24) is 0 Å². The van der Waals surface area contributed by atoms with E-state index in [1.54, 1.807) is 0 Å². The molecule has 0 unspecified atom stereocenters. The Kier molecular flexibility index (Phi) is 11.0. The first-order valence-electron chi connectivity index (χ1n) is 8.29. The van der Waals surface area contributed by atoms with Crippen LogP contribution in [0.1, 0.15) is 86.0 Å². The van der Waals surface area contributed by atoms with Gasteiger partial charge in [0, 0.05) is 0 Å². The van der Waals surface area contributed by atoms with Crippen LogP contribution < -0.4 is 0 Å². The largest absolute Gasteiger partial charge is 0.462 e. The standard InChI is InChI=1S/C17H34O2/c1-6-10-11-15(7-2)13-12-14(5)19-17(18)16(8-3)9-4/h14-16H,6-13H2,1-5H3/t14-,15-/m0/s1. The van der Waals surface area contributed by atoms with Crippen LogP contribution in [0.4, 0.5) is 0 Å². The molecule has 0 spiro atoms. The Balaban J connectivity index is 3.95. The zero-order valence-electron chi connectivity index (χ0n) is 13.7. The number of hydrogen-bond donors (Lipinski definition) is 0. The number of carbonyl (C=O) groups is 1. The van der Waals surface area contributed by atoms with Crippen LogP contribution in [-0.2, 0) is 9.53 Å². The average molecular weight is 270 g/mol. The minimum absolute atomic E-state index is 0.000827. The van der Waals surface area contributed by atoms with Gasteiger partial charge in [-0.25, -0.2) is 0 Å². The lowest BCUT2D eigenvalue weighted by molar-refractivity contribution is -0.153. The summed E-state index contributed by atoms with van der Waals surface area (Å²) in [7, 11) is 0. The van der Waals surface area contributed by atoms with Gasteiger partial charge < -0.3 is 4.74 Å². The number of esters is 1. The topological polar surface area (TPSA) is 26.3 Å². The van der Waals surface area contributed by atoms with Crippen molar-refractivity contribution in [3.63, 3.8) is 0 Å². The molecule has 0 amide bonds. The Labute approximate surface area is 120 Å². The van der Waals surface area contributed by atoms with Crippen LogP contribution in [0.2, 0.25) is 0 Å². The Bertz CT molecular complexity index is 221. The van der Waals surface area contributed by atoms with E-state index in [1.807, 2.05) is 6.92 Å². The molecule has 0 aliphatic rings. The van der Waals surface area contributed by atoms with Crippen molar-refractivity contribution in [3.8, 4) is 0 Å². The van der Waals surface area contributed by atoms with Gasteiger partial charge in [-0.05, 0) is 38.5 Å². The second kappa shape index (κ2) is 11.3. The van der Waals surface area contributed by atoms with Crippen molar-refractivity contribution in [3.05, 3.63) is 0 Å². The number of rotatable bonds is 11. The Morgan fingerprint density at radius 1 is 0.947 bits per heavy atom. The van der Waals surface area contributed by atoms with Gasteiger partial charge in [0.05, 0.1) is 12.0 Å². The molecule has 0 aliphatic heterocycles. The SMILES string of the molecule is CCCC[C@H](CC)CC[C@H](C)OC(=O)C(CC)CC. The van der Waals surface area contributed by atoms with Crippen LogP contribution in [0, 0.1) is 11.8 Å². The molecular formula is C17H34O2. The second-order valence-electron chi connectivity index (χ2n) is 5.75. The molecule has 0 aromatic heterocycles. The molecule has 2 nitrogen and oxygen atoms in total. The van der Waals surface area contributed by atoms with Gasteiger partial charge in [0.2, 0.25) is 0 Å². The fourth-order valence-corrected chi connectivity index (χ4v) is 2.49. The van der Waals surface area contributed by atoms with E-state index in [4.69, 9.17) is 4.74 Å². The maximum atomic E-state index is 11.9. The van der Waals surface area contributed by atoms with Gasteiger partial charge >= 0.3 is 5.97 Å². The van der Waals surface area contributed by atoms with E-state index in [-0.39, 0.29) is 18.0 Å². The molecule has 0 heterocycles. The van der Waals surface area contributed by atoms with Crippen molar-refractivity contribution in [1.29, 1.82) is 0 Å². The molecule has 0 fully saturated rings. The zero-order valence-corrected chi connectivity index (χ0v) is 13.7. The maximum absolute atomic E-state index is 11.9. The van der Waals surface area contributed by atoms with Crippen LogP contribution >= 0.6 is 0 Å². The van der Waals surface area contributed by atoms with Crippen molar-refractivity contribution in [2.24, 2.45) is 11.8 Å². The van der Waals surface area contributed by atoms with E-state index in [0.717, 1.165) is 25.2 Å². The van der Waals surface area contributed by atoms with E-state index in [1.165, 1.54) is 32.1 Å². The van der Waals surface area contributed by atoms with Gasteiger partial charge in [-0.2, -0.15) is 0 Å². The molecule has 0 rings (SSSR count). The smallest absolute Gasteiger partial charge is 0.309 e. The Morgan fingerprint density at radius 3 is 2.05 bits per heavy atom. The quantitative estimate of drug-likeness (QED) is 0.473. The van der Waals surface area contributed by atoms with Crippen molar-refractivity contribution < 1.29 is 9.53 Å². The number of hydrogen-bond acceptors (Lipinski definition) is 2. The van der Waals surface area contributed by atoms with Crippen LogP contribution in [-0.4, -0.2) is 12.1 Å². The zero-order chi connectivity index (χ0) is 14.7. The predicted molar refractivity (Wildman–Crippen MR) is 82.2 cm³/mol. The van der Waals surface area contributed by atoms with E-state index in [2.05, 4.69) is 27.7 Å². The summed E-state index contributed by atoms with van der Waals surface area (Å²) in [5.41, 5.74) is 0. The third-order valence-corrected chi connectivity index (χ3v) is 4.16. The Hall–Kier alpha value is -0.530. The molecule has 0 aromatic carbocycles. The van der Waals surface area contributed by atoms with Gasteiger partial charge in [-0.15, -0.1) is 0 Å². The molecule has 19 heavy (non-hydrogen) atoms. The minimum Gasteiger partial charge on any atom is -0.462 e. The van der Waals surface area contributed by atoms with Gasteiger partial charge in [0.25, 0.3) is 0 Å². The van der Waals surface area contributed by atoms with Crippen molar-refractivity contribution in [2.75, 3.05) is 0 Å². The van der Waals surface area contributed by atoms with Gasteiger partial charge in [0.15, 0.2) is 0 Å². The Morgan fingerprint density at radius 2 is 1.58 bits per heavy atom. The summed E-state index contributed by atoms with van der Waals surface area (Å²) in [6, 6.07) is 0. The highest BCUT2D eigenvalue weighted by Gasteiger charge is 2.19. The van der Waals surface area contributed by atoms with Crippen molar-refractivity contribution >= 4 is 5.97 Å². The summed E-state index contributed by atoms with van der Waals surface area (Å²) in [6.45, 7) is 10.6. The highest BCUT2D eigenvalue weighted by Crippen LogP contribution is 2.21. The second-order valence-corrected chi connectivity index (χ2v) is 5.75. The molecule has 2 atom stereocenters. The average Bonchev–Trinajstić information content (AvgIpc) is 2.40. The molecule has 0 radical (unpaired) electrons. The first-order chi connectivity index (χ1) is 9.08. The summed E-state index contributed by atoms with van der Waals surface area (Å²) in [6.07, 6.45) is 9.20. The van der Waals surface area contributed by atoms with Gasteiger partial charge in [-0.3, -0.25) is 4.79 Å². The van der Waals surface area contributed by atoms with E-state index in [0.29, 0.717) is 0 Å². The number of carbonyl (C=O) groups excluding carboxylic acids is 1. The van der Waals surface area contributed by atoms with Crippen LogP contribution in [0.3, 0.4) is 0 Å². The summed E-state index contributed by atoms with van der Waals surface area (Å²) < 4.78 is 5.55. The molecule has 0 saturated heterocycles. The summed E-state index contributed by atoms with van der Waals surface area (Å²) in [5, 5.41) is 0. The highest BCUT2D eigenvalue weighted by molar-refractivity contribution is 5.72. The van der Waals surface area contributed by atoms with Crippen LogP contribution in [0.5, 0.6) is 0 Å². The number of unbranched alkanes of at least 4 members (excludes halogenated alkanes) is 1. The van der Waals surface area contributed by atoms with E-state index < -0.39 is 0 Å². The fraction of sp³-hybridized carbons (Fsp3) is 0.941. The first kappa shape index (κ1) is 18.5. The molecule has 0 bridgehead atoms. The normalized spacial score (nSPS) is 14.4. The summed E-state index contributed by atoms with van der Waals surface area (Å²) >= 11 is 0.